The molecule has 0 amide bonds. The molecule has 1 aliphatic heterocycles. The first-order valence-corrected chi connectivity index (χ1v) is 7.20. The highest BCUT2D eigenvalue weighted by molar-refractivity contribution is 6.00. The first-order chi connectivity index (χ1) is 9.83. The lowest BCUT2D eigenvalue weighted by molar-refractivity contribution is 0.0849. The predicted octanol–water partition coefficient (Wildman–Crippen LogP) is 4.27. The molecule has 0 spiro atoms. The molecular formula is C18H16O2. The van der Waals surface area contributed by atoms with Gasteiger partial charge in [0, 0.05) is 0 Å². The minimum atomic E-state index is -0.130. The fourth-order valence-electron chi connectivity index (χ4n) is 3.02. The summed E-state index contributed by atoms with van der Waals surface area (Å²) < 4.78 is 6.09. The van der Waals surface area contributed by atoms with Crippen LogP contribution >= 0.6 is 0 Å². The van der Waals surface area contributed by atoms with E-state index in [0.29, 0.717) is 17.9 Å². The second-order valence-electron chi connectivity index (χ2n) is 5.63. The molecule has 4 rings (SSSR count). The van der Waals surface area contributed by atoms with Crippen LogP contribution in [-0.4, -0.2) is 5.78 Å². The molecule has 0 radical (unpaired) electrons. The number of carbonyl (C=O) groups is 1. The van der Waals surface area contributed by atoms with Crippen molar-refractivity contribution in [2.75, 3.05) is 0 Å². The van der Waals surface area contributed by atoms with Crippen molar-refractivity contribution in [2.45, 2.75) is 31.3 Å². The minimum Gasteiger partial charge on any atom is -0.484 e. The van der Waals surface area contributed by atoms with Gasteiger partial charge in [-0.2, -0.15) is 0 Å². The maximum Gasteiger partial charge on any atom is 0.170 e. The van der Waals surface area contributed by atoms with Crippen LogP contribution in [0.3, 0.4) is 0 Å². The van der Waals surface area contributed by atoms with E-state index in [1.54, 1.807) is 0 Å². The Kier molecular flexibility index (Phi) is 2.62. The molecule has 20 heavy (non-hydrogen) atoms. The summed E-state index contributed by atoms with van der Waals surface area (Å²) in [7, 11) is 0. The number of ether oxygens (including phenoxy) is 1. The quantitative estimate of drug-likeness (QED) is 0.809. The van der Waals surface area contributed by atoms with E-state index < -0.39 is 0 Å². The fourth-order valence-corrected chi connectivity index (χ4v) is 3.02. The smallest absolute Gasteiger partial charge is 0.170 e. The summed E-state index contributed by atoms with van der Waals surface area (Å²) in [5.74, 6) is 1.57. The van der Waals surface area contributed by atoms with Gasteiger partial charge in [-0.1, -0.05) is 36.4 Å². The molecule has 2 nitrogen and oxygen atoms in total. The van der Waals surface area contributed by atoms with Crippen LogP contribution in [0, 0.1) is 0 Å². The van der Waals surface area contributed by atoms with E-state index in [9.17, 15) is 4.79 Å². The van der Waals surface area contributed by atoms with Crippen LogP contribution < -0.4 is 4.74 Å². The van der Waals surface area contributed by atoms with Gasteiger partial charge in [0.2, 0.25) is 0 Å². The molecule has 100 valence electrons. The minimum absolute atomic E-state index is 0.130. The summed E-state index contributed by atoms with van der Waals surface area (Å²) in [6.45, 7) is 0. The van der Waals surface area contributed by atoms with Crippen LogP contribution in [-0.2, 0) is 0 Å². The van der Waals surface area contributed by atoms with Gasteiger partial charge in [0.25, 0.3) is 0 Å². The molecular weight excluding hydrogens is 248 g/mol. The van der Waals surface area contributed by atoms with Gasteiger partial charge in [-0.25, -0.2) is 0 Å². The number of Topliss-reactive ketones (excluding diaryl/α,β-unsaturated/α-hetero) is 1. The third-order valence-corrected chi connectivity index (χ3v) is 4.19. The number of hydrogen-bond donors (Lipinski definition) is 0. The van der Waals surface area contributed by atoms with Crippen molar-refractivity contribution in [3.63, 3.8) is 0 Å². The second-order valence-corrected chi connectivity index (χ2v) is 5.63. The maximum atomic E-state index is 12.3. The van der Waals surface area contributed by atoms with E-state index in [1.807, 2.05) is 30.3 Å². The van der Waals surface area contributed by atoms with Gasteiger partial charge in [0.15, 0.2) is 5.78 Å². The van der Waals surface area contributed by atoms with Gasteiger partial charge in [0.05, 0.1) is 12.0 Å². The van der Waals surface area contributed by atoms with E-state index in [0.717, 1.165) is 5.75 Å². The Morgan fingerprint density at radius 3 is 2.40 bits per heavy atom. The summed E-state index contributed by atoms with van der Waals surface area (Å²) in [5, 5.41) is 0. The zero-order chi connectivity index (χ0) is 13.5. The fraction of sp³-hybridized carbons (Fsp3) is 0.278. The van der Waals surface area contributed by atoms with E-state index in [4.69, 9.17) is 4.74 Å². The van der Waals surface area contributed by atoms with Crippen molar-refractivity contribution >= 4 is 5.78 Å². The highest BCUT2D eigenvalue weighted by atomic mass is 16.5. The molecule has 1 saturated carbocycles. The highest BCUT2D eigenvalue weighted by Crippen LogP contribution is 2.45. The molecule has 0 aromatic heterocycles. The molecule has 2 aromatic carbocycles. The van der Waals surface area contributed by atoms with Gasteiger partial charge in [-0.05, 0) is 42.0 Å². The van der Waals surface area contributed by atoms with Gasteiger partial charge >= 0.3 is 0 Å². The number of benzene rings is 2. The zero-order valence-corrected chi connectivity index (χ0v) is 11.2. The lowest BCUT2D eigenvalue weighted by atomic mass is 9.92. The largest absolute Gasteiger partial charge is 0.484 e. The summed E-state index contributed by atoms with van der Waals surface area (Å²) in [6, 6.07) is 16.0. The Morgan fingerprint density at radius 2 is 1.60 bits per heavy atom. The van der Waals surface area contributed by atoms with E-state index >= 15 is 0 Å². The van der Waals surface area contributed by atoms with Crippen molar-refractivity contribution in [2.24, 2.45) is 0 Å². The van der Waals surface area contributed by atoms with Gasteiger partial charge in [-0.15, -0.1) is 0 Å². The Morgan fingerprint density at radius 1 is 0.900 bits per heavy atom. The third kappa shape index (κ3) is 1.92. The van der Waals surface area contributed by atoms with Crippen molar-refractivity contribution in [1.29, 1.82) is 0 Å². The van der Waals surface area contributed by atoms with Crippen LogP contribution in [0.4, 0.5) is 0 Å². The summed E-state index contributed by atoms with van der Waals surface area (Å²) >= 11 is 0. The lowest BCUT2D eigenvalue weighted by Gasteiger charge is -2.27. The van der Waals surface area contributed by atoms with Gasteiger partial charge in [-0.3, -0.25) is 4.79 Å². The molecule has 0 saturated heterocycles. The first kappa shape index (κ1) is 11.7. The maximum absolute atomic E-state index is 12.3. The average molecular weight is 264 g/mol. The predicted molar refractivity (Wildman–Crippen MR) is 77.2 cm³/mol. The molecule has 1 unspecified atom stereocenters. The van der Waals surface area contributed by atoms with E-state index in [-0.39, 0.29) is 11.9 Å². The average Bonchev–Trinajstić information content (AvgIpc) is 3.32. The highest BCUT2D eigenvalue weighted by Gasteiger charge is 2.32. The zero-order valence-electron chi connectivity index (χ0n) is 11.2. The van der Waals surface area contributed by atoms with E-state index in [2.05, 4.69) is 18.2 Å². The Balaban J connectivity index is 1.73. The molecule has 0 N–H and O–H groups in total. The summed E-state index contributed by atoms with van der Waals surface area (Å²) in [5.41, 5.74) is 3.27. The van der Waals surface area contributed by atoms with Crippen LogP contribution in [0.25, 0.3) is 0 Å². The molecule has 1 atom stereocenters. The summed E-state index contributed by atoms with van der Waals surface area (Å²) in [4.78, 5) is 12.3. The standard InChI is InChI=1S/C18H16O2/c19-16-11-18(20-17-8-4-3-7-15(16)17)14-6-2-1-5-13(14)12-9-10-12/h1-8,12,18H,9-11H2. The molecule has 0 bridgehead atoms. The van der Waals surface area contributed by atoms with Crippen molar-refractivity contribution in [3.05, 3.63) is 65.2 Å². The van der Waals surface area contributed by atoms with Crippen LogP contribution in [0.1, 0.15) is 52.8 Å². The Bertz CT molecular complexity index is 671. The second kappa shape index (κ2) is 4.48. The van der Waals surface area contributed by atoms with Crippen molar-refractivity contribution in [1.82, 2.24) is 0 Å². The Hall–Kier alpha value is -2.09. The van der Waals surface area contributed by atoms with Crippen LogP contribution in [0.5, 0.6) is 5.75 Å². The van der Waals surface area contributed by atoms with E-state index in [1.165, 1.54) is 24.0 Å². The van der Waals surface area contributed by atoms with Gasteiger partial charge in [0.1, 0.15) is 11.9 Å². The monoisotopic (exact) mass is 264 g/mol. The number of para-hydroxylation sites is 1. The first-order valence-electron chi connectivity index (χ1n) is 7.20. The molecule has 2 aromatic rings. The molecule has 2 aliphatic rings. The SMILES string of the molecule is O=C1CC(c2ccccc2C2CC2)Oc2ccccc21. The number of hydrogen-bond acceptors (Lipinski definition) is 2. The molecule has 2 heteroatoms. The van der Waals surface area contributed by atoms with Crippen LogP contribution in [0.15, 0.2) is 48.5 Å². The Labute approximate surface area is 118 Å². The third-order valence-electron chi connectivity index (χ3n) is 4.19. The number of rotatable bonds is 2. The molecule has 1 heterocycles. The topological polar surface area (TPSA) is 26.3 Å². The van der Waals surface area contributed by atoms with Gasteiger partial charge < -0.3 is 4.74 Å². The number of ketones is 1. The number of carbonyl (C=O) groups excluding carboxylic acids is 1. The lowest BCUT2D eigenvalue weighted by Crippen LogP contribution is -2.21. The van der Waals surface area contributed by atoms with Crippen LogP contribution in [0.2, 0.25) is 0 Å². The number of fused-ring (bicyclic) bond motifs is 1. The van der Waals surface area contributed by atoms with Crippen molar-refractivity contribution < 1.29 is 9.53 Å². The molecule has 1 aliphatic carbocycles. The summed E-state index contributed by atoms with van der Waals surface area (Å²) in [6.07, 6.45) is 2.83. The normalized spacial score (nSPS) is 21.2. The van der Waals surface area contributed by atoms with Crippen molar-refractivity contribution in [3.8, 4) is 5.75 Å². The molecule has 1 fully saturated rings.